The average molecular weight is 363 g/mol. The fourth-order valence-corrected chi connectivity index (χ4v) is 3.64. The van der Waals surface area contributed by atoms with Crippen LogP contribution in [0.25, 0.3) is 0 Å². The number of sulfonamides is 1. The third kappa shape index (κ3) is 4.63. The van der Waals surface area contributed by atoms with E-state index in [4.69, 9.17) is 0 Å². The summed E-state index contributed by atoms with van der Waals surface area (Å²) in [5.41, 5.74) is 3.45. The number of anilines is 3. The minimum Gasteiger partial charge on any atom is -0.368 e. The van der Waals surface area contributed by atoms with Gasteiger partial charge in [0, 0.05) is 43.2 Å². The van der Waals surface area contributed by atoms with Crippen LogP contribution < -0.4 is 14.5 Å². The summed E-state index contributed by atoms with van der Waals surface area (Å²) in [5, 5.41) is 0. The van der Waals surface area contributed by atoms with Crippen molar-refractivity contribution >= 4 is 27.1 Å². The summed E-state index contributed by atoms with van der Waals surface area (Å²) in [4.78, 5) is 4.43. The number of piperazine rings is 1. The number of hydrogen-bond acceptors (Lipinski definition) is 4. The van der Waals surface area contributed by atoms with Gasteiger partial charge in [-0.2, -0.15) is 0 Å². The standard InChI is InChI=1S/C18H22FN3O2S/c1-14-11-15(19)13-18(12-14)22-9-7-21(8-10-22)17-5-3-16(4-6-17)20-25(2,23)24/h3-6,11-13,20H,7-10H2,1-2H3. The molecule has 7 heteroatoms. The van der Waals surface area contributed by atoms with Crippen molar-refractivity contribution in [2.24, 2.45) is 0 Å². The van der Waals surface area contributed by atoms with Crippen molar-refractivity contribution in [3.05, 3.63) is 53.8 Å². The van der Waals surface area contributed by atoms with Gasteiger partial charge >= 0.3 is 0 Å². The van der Waals surface area contributed by atoms with Crippen molar-refractivity contribution in [3.63, 3.8) is 0 Å². The van der Waals surface area contributed by atoms with Crippen LogP contribution in [-0.2, 0) is 10.0 Å². The van der Waals surface area contributed by atoms with Crippen molar-refractivity contribution < 1.29 is 12.8 Å². The molecule has 0 radical (unpaired) electrons. The lowest BCUT2D eigenvalue weighted by molar-refractivity contribution is 0.607. The van der Waals surface area contributed by atoms with E-state index < -0.39 is 10.0 Å². The second kappa shape index (κ2) is 6.92. The van der Waals surface area contributed by atoms with Crippen molar-refractivity contribution in [1.82, 2.24) is 0 Å². The van der Waals surface area contributed by atoms with Crippen LogP contribution in [0.2, 0.25) is 0 Å². The third-order valence-electron chi connectivity index (χ3n) is 4.21. The molecule has 0 spiro atoms. The smallest absolute Gasteiger partial charge is 0.229 e. The SMILES string of the molecule is Cc1cc(F)cc(N2CCN(c3ccc(NS(C)(=O)=O)cc3)CC2)c1. The zero-order chi connectivity index (χ0) is 18.0. The molecule has 1 heterocycles. The van der Waals surface area contributed by atoms with E-state index in [0.29, 0.717) is 5.69 Å². The molecule has 0 aliphatic carbocycles. The highest BCUT2D eigenvalue weighted by Crippen LogP contribution is 2.23. The number of hydrogen-bond donors (Lipinski definition) is 1. The predicted octanol–water partition coefficient (Wildman–Crippen LogP) is 2.83. The van der Waals surface area contributed by atoms with E-state index in [0.717, 1.165) is 49.4 Å². The first-order valence-electron chi connectivity index (χ1n) is 8.15. The van der Waals surface area contributed by atoms with Crippen LogP contribution >= 0.6 is 0 Å². The fourth-order valence-electron chi connectivity index (χ4n) is 3.08. The number of rotatable bonds is 4. The topological polar surface area (TPSA) is 52.6 Å². The number of nitrogens with one attached hydrogen (secondary N) is 1. The lowest BCUT2D eigenvalue weighted by atomic mass is 10.1. The largest absolute Gasteiger partial charge is 0.368 e. The predicted molar refractivity (Wildman–Crippen MR) is 100 cm³/mol. The minimum atomic E-state index is -3.26. The molecule has 1 N–H and O–H groups in total. The highest BCUT2D eigenvalue weighted by atomic mass is 32.2. The Morgan fingerprint density at radius 2 is 1.48 bits per heavy atom. The van der Waals surface area contributed by atoms with Crippen LogP contribution in [0.4, 0.5) is 21.5 Å². The molecular formula is C18H22FN3O2S. The van der Waals surface area contributed by atoms with Gasteiger partial charge in [-0.1, -0.05) is 0 Å². The summed E-state index contributed by atoms with van der Waals surface area (Å²) in [5.74, 6) is -0.202. The summed E-state index contributed by atoms with van der Waals surface area (Å²) >= 11 is 0. The second-order valence-electron chi connectivity index (χ2n) is 6.38. The molecule has 1 saturated heterocycles. The molecule has 0 bridgehead atoms. The monoisotopic (exact) mass is 363 g/mol. The molecular weight excluding hydrogens is 341 g/mol. The normalized spacial score (nSPS) is 15.3. The van der Waals surface area contributed by atoms with E-state index in [1.54, 1.807) is 18.2 Å². The van der Waals surface area contributed by atoms with Gasteiger partial charge < -0.3 is 9.80 Å². The Morgan fingerprint density at radius 3 is 2.00 bits per heavy atom. The Labute approximate surface area is 148 Å². The molecule has 0 saturated carbocycles. The third-order valence-corrected chi connectivity index (χ3v) is 4.81. The van der Waals surface area contributed by atoms with Gasteiger partial charge in [0.25, 0.3) is 0 Å². The van der Waals surface area contributed by atoms with Crippen LogP contribution in [0.15, 0.2) is 42.5 Å². The molecule has 2 aromatic carbocycles. The van der Waals surface area contributed by atoms with Crippen molar-refractivity contribution in [2.45, 2.75) is 6.92 Å². The number of nitrogens with zero attached hydrogens (tertiary/aromatic N) is 2. The molecule has 2 aromatic rings. The lowest BCUT2D eigenvalue weighted by Gasteiger charge is -2.37. The van der Waals surface area contributed by atoms with Crippen LogP contribution in [0, 0.1) is 12.7 Å². The van der Waals surface area contributed by atoms with E-state index in [9.17, 15) is 12.8 Å². The van der Waals surface area contributed by atoms with Gasteiger partial charge in [0.2, 0.25) is 10.0 Å². The van der Waals surface area contributed by atoms with Gasteiger partial charge in [-0.3, -0.25) is 4.72 Å². The highest BCUT2D eigenvalue weighted by Gasteiger charge is 2.18. The van der Waals surface area contributed by atoms with Crippen LogP contribution in [-0.4, -0.2) is 40.9 Å². The first-order valence-corrected chi connectivity index (χ1v) is 10.0. The van der Waals surface area contributed by atoms with Gasteiger partial charge in [-0.15, -0.1) is 0 Å². The summed E-state index contributed by atoms with van der Waals surface area (Å²) in [6.07, 6.45) is 1.13. The molecule has 0 amide bonds. The van der Waals surface area contributed by atoms with Crippen LogP contribution in [0.3, 0.4) is 0 Å². The lowest BCUT2D eigenvalue weighted by Crippen LogP contribution is -2.46. The Kier molecular flexibility index (Phi) is 4.85. The number of aryl methyl sites for hydroxylation is 1. The molecule has 3 rings (SSSR count). The first kappa shape index (κ1) is 17.5. The Bertz CT molecular complexity index is 825. The van der Waals surface area contributed by atoms with Gasteiger partial charge in [0.1, 0.15) is 5.82 Å². The Balaban J connectivity index is 1.64. The summed E-state index contributed by atoms with van der Waals surface area (Å²) in [6, 6.07) is 12.5. The summed E-state index contributed by atoms with van der Waals surface area (Å²) in [7, 11) is -3.26. The van der Waals surface area contributed by atoms with Gasteiger partial charge in [-0.05, 0) is 55.0 Å². The van der Waals surface area contributed by atoms with Crippen molar-refractivity contribution in [2.75, 3.05) is 47.0 Å². The van der Waals surface area contributed by atoms with E-state index >= 15 is 0 Å². The summed E-state index contributed by atoms with van der Waals surface area (Å²) in [6.45, 7) is 5.18. The minimum absolute atomic E-state index is 0.202. The molecule has 0 unspecified atom stereocenters. The average Bonchev–Trinajstić information content (AvgIpc) is 2.53. The zero-order valence-electron chi connectivity index (χ0n) is 14.4. The van der Waals surface area contributed by atoms with Gasteiger partial charge in [0.05, 0.1) is 6.26 Å². The van der Waals surface area contributed by atoms with Crippen molar-refractivity contribution in [1.29, 1.82) is 0 Å². The maximum atomic E-state index is 13.6. The molecule has 5 nitrogen and oxygen atoms in total. The molecule has 25 heavy (non-hydrogen) atoms. The number of benzene rings is 2. The Hall–Kier alpha value is -2.28. The Morgan fingerprint density at radius 1 is 0.920 bits per heavy atom. The van der Waals surface area contributed by atoms with Crippen molar-refractivity contribution in [3.8, 4) is 0 Å². The van der Waals surface area contributed by atoms with Crippen LogP contribution in [0.5, 0.6) is 0 Å². The van der Waals surface area contributed by atoms with Crippen LogP contribution in [0.1, 0.15) is 5.56 Å². The maximum Gasteiger partial charge on any atom is 0.229 e. The summed E-state index contributed by atoms with van der Waals surface area (Å²) < 4.78 is 38.6. The van der Waals surface area contributed by atoms with Gasteiger partial charge in [-0.25, -0.2) is 12.8 Å². The number of halogens is 1. The first-order chi connectivity index (χ1) is 11.8. The van der Waals surface area contributed by atoms with Gasteiger partial charge in [0.15, 0.2) is 0 Å². The van der Waals surface area contributed by atoms with E-state index in [2.05, 4.69) is 14.5 Å². The molecule has 1 aliphatic heterocycles. The molecule has 1 fully saturated rings. The second-order valence-corrected chi connectivity index (χ2v) is 8.13. The fraction of sp³-hybridized carbons (Fsp3) is 0.333. The molecule has 1 aliphatic rings. The molecule has 0 atom stereocenters. The quantitative estimate of drug-likeness (QED) is 0.908. The zero-order valence-corrected chi connectivity index (χ0v) is 15.2. The maximum absolute atomic E-state index is 13.6. The van der Waals surface area contributed by atoms with E-state index in [1.807, 2.05) is 25.1 Å². The molecule has 0 aromatic heterocycles. The highest BCUT2D eigenvalue weighted by molar-refractivity contribution is 7.92. The van der Waals surface area contributed by atoms with E-state index in [-0.39, 0.29) is 5.82 Å². The molecule has 134 valence electrons. The van der Waals surface area contributed by atoms with E-state index in [1.165, 1.54) is 6.07 Å².